The van der Waals surface area contributed by atoms with E-state index < -0.39 is 0 Å². The smallest absolute Gasteiger partial charge is 0.226 e. The van der Waals surface area contributed by atoms with E-state index in [1.165, 1.54) is 19.3 Å². The Morgan fingerprint density at radius 2 is 1.71 bits per heavy atom. The van der Waals surface area contributed by atoms with Crippen LogP contribution in [0.3, 0.4) is 0 Å². The van der Waals surface area contributed by atoms with Gasteiger partial charge in [0.05, 0.1) is 5.52 Å². The van der Waals surface area contributed by atoms with Gasteiger partial charge in [-0.05, 0) is 82.6 Å². The second-order valence-corrected chi connectivity index (χ2v) is 9.67. The summed E-state index contributed by atoms with van der Waals surface area (Å²) < 4.78 is 2.18. The molecule has 0 atom stereocenters. The van der Waals surface area contributed by atoms with Crippen molar-refractivity contribution in [3.63, 3.8) is 0 Å². The van der Waals surface area contributed by atoms with Gasteiger partial charge in [0.1, 0.15) is 11.3 Å². The largest absolute Gasteiger partial charge is 0.382 e. The Morgan fingerprint density at radius 1 is 1.11 bits per heavy atom. The van der Waals surface area contributed by atoms with Crippen molar-refractivity contribution in [2.24, 2.45) is 23.2 Å². The van der Waals surface area contributed by atoms with Crippen molar-refractivity contribution in [3.8, 4) is 0 Å². The van der Waals surface area contributed by atoms with Gasteiger partial charge in [0.2, 0.25) is 5.91 Å². The lowest BCUT2D eigenvalue weighted by molar-refractivity contribution is -0.146. The van der Waals surface area contributed by atoms with Crippen LogP contribution in [0.25, 0.3) is 11.0 Å². The molecule has 4 aliphatic carbocycles. The summed E-state index contributed by atoms with van der Waals surface area (Å²) in [5.74, 6) is 4.07. The summed E-state index contributed by atoms with van der Waals surface area (Å²) in [5.41, 5.74) is 9.88. The fourth-order valence-corrected chi connectivity index (χ4v) is 6.74. The van der Waals surface area contributed by atoms with E-state index in [0.717, 1.165) is 65.1 Å². The molecule has 2 aromatic rings. The van der Waals surface area contributed by atoms with Gasteiger partial charge in [-0.3, -0.25) is 4.79 Å². The maximum absolute atomic E-state index is 13.2. The Labute approximate surface area is 166 Å². The molecule has 4 aliphatic rings. The summed E-state index contributed by atoms with van der Waals surface area (Å²) in [5, 5.41) is 3.28. The van der Waals surface area contributed by atoms with Crippen LogP contribution in [0.4, 0.5) is 5.82 Å². The standard InChI is InChI=1S/C22H31N5O/c1-12-13(2)25-20(23)18-19(12)27(14(3)26-18)5-4-24-21(28)22-9-15-6-16(10-22)8-17(7-15)11-22/h15-17H,4-11H2,1-3H3,(H2,23,25)(H,24,28). The highest BCUT2D eigenvalue weighted by atomic mass is 16.2. The Kier molecular flexibility index (Phi) is 3.97. The second-order valence-electron chi connectivity index (χ2n) is 9.67. The van der Waals surface area contributed by atoms with Crippen LogP contribution in [0.15, 0.2) is 0 Å². The van der Waals surface area contributed by atoms with E-state index in [4.69, 9.17) is 5.73 Å². The minimum Gasteiger partial charge on any atom is -0.382 e. The van der Waals surface area contributed by atoms with Crippen LogP contribution >= 0.6 is 0 Å². The maximum atomic E-state index is 13.2. The number of carbonyl (C=O) groups excluding carboxylic acids is 1. The number of hydrogen-bond acceptors (Lipinski definition) is 4. The van der Waals surface area contributed by atoms with Crippen LogP contribution in [0.2, 0.25) is 0 Å². The number of aromatic nitrogens is 3. The molecule has 0 saturated heterocycles. The van der Waals surface area contributed by atoms with Crippen molar-refractivity contribution in [2.75, 3.05) is 12.3 Å². The molecule has 3 N–H and O–H groups in total. The molecule has 6 nitrogen and oxygen atoms in total. The molecule has 0 aliphatic heterocycles. The number of nitrogen functional groups attached to an aromatic ring is 1. The predicted molar refractivity (Wildman–Crippen MR) is 110 cm³/mol. The summed E-state index contributed by atoms with van der Waals surface area (Å²) in [6, 6.07) is 0. The highest BCUT2D eigenvalue weighted by Gasteiger charge is 2.54. The Bertz CT molecular complexity index is 924. The molecule has 0 unspecified atom stereocenters. The first kappa shape index (κ1) is 18.0. The first-order chi connectivity index (χ1) is 13.4. The van der Waals surface area contributed by atoms with Crippen molar-refractivity contribution in [3.05, 3.63) is 17.1 Å². The number of nitrogens with one attached hydrogen (secondary N) is 1. The van der Waals surface area contributed by atoms with Gasteiger partial charge in [-0.15, -0.1) is 0 Å². The number of amides is 1. The number of imidazole rings is 1. The molecule has 1 amide bonds. The van der Waals surface area contributed by atoms with E-state index in [-0.39, 0.29) is 5.41 Å². The van der Waals surface area contributed by atoms with Crippen LogP contribution in [0.1, 0.15) is 55.6 Å². The SMILES string of the molecule is Cc1nc(N)c2nc(C)n(CCNC(=O)C34CC5CC(CC(C5)C3)C4)c2c1C. The molecule has 2 heterocycles. The van der Waals surface area contributed by atoms with E-state index in [2.05, 4.69) is 26.8 Å². The third-order valence-corrected chi connectivity index (χ3v) is 7.73. The highest BCUT2D eigenvalue weighted by Crippen LogP contribution is 2.60. The molecule has 4 fully saturated rings. The maximum Gasteiger partial charge on any atom is 0.226 e. The lowest BCUT2D eigenvalue weighted by atomic mass is 9.49. The number of nitrogens with two attached hydrogens (primary N) is 1. The average Bonchev–Trinajstić information content (AvgIpc) is 2.96. The highest BCUT2D eigenvalue weighted by molar-refractivity contribution is 5.88. The number of rotatable bonds is 4. The van der Waals surface area contributed by atoms with E-state index in [9.17, 15) is 4.79 Å². The number of aryl methyl sites for hydroxylation is 3. The van der Waals surface area contributed by atoms with E-state index in [1.807, 2.05) is 13.8 Å². The van der Waals surface area contributed by atoms with Crippen molar-refractivity contribution in [1.29, 1.82) is 0 Å². The normalized spacial score (nSPS) is 30.9. The van der Waals surface area contributed by atoms with Gasteiger partial charge in [-0.2, -0.15) is 0 Å². The Balaban J connectivity index is 1.33. The molecule has 6 rings (SSSR count). The Morgan fingerprint density at radius 3 is 2.32 bits per heavy atom. The summed E-state index contributed by atoms with van der Waals surface area (Å²) in [6.07, 6.45) is 7.41. The molecule has 0 aromatic carbocycles. The van der Waals surface area contributed by atoms with Crippen LogP contribution in [0.5, 0.6) is 0 Å². The Hall–Kier alpha value is -2.11. The quantitative estimate of drug-likeness (QED) is 0.851. The van der Waals surface area contributed by atoms with Gasteiger partial charge in [0.25, 0.3) is 0 Å². The van der Waals surface area contributed by atoms with E-state index in [1.54, 1.807) is 0 Å². The van der Waals surface area contributed by atoms with Crippen molar-refractivity contribution >= 4 is 22.8 Å². The fraction of sp³-hybridized carbons (Fsp3) is 0.682. The minimum atomic E-state index is -0.0817. The number of carbonyl (C=O) groups is 1. The van der Waals surface area contributed by atoms with Gasteiger partial charge in [0, 0.05) is 24.2 Å². The number of nitrogens with zero attached hydrogens (tertiary/aromatic N) is 3. The molecule has 28 heavy (non-hydrogen) atoms. The summed E-state index contributed by atoms with van der Waals surface area (Å²) in [6.45, 7) is 7.38. The zero-order chi connectivity index (χ0) is 19.6. The van der Waals surface area contributed by atoms with Gasteiger partial charge in [0.15, 0.2) is 5.82 Å². The van der Waals surface area contributed by atoms with E-state index in [0.29, 0.717) is 24.8 Å². The lowest BCUT2D eigenvalue weighted by Gasteiger charge is -2.55. The minimum absolute atomic E-state index is 0.0817. The molecule has 4 saturated carbocycles. The molecule has 2 aromatic heterocycles. The summed E-state index contributed by atoms with van der Waals surface area (Å²) in [7, 11) is 0. The molecular formula is C22H31N5O. The van der Waals surface area contributed by atoms with Crippen LogP contribution in [0, 0.1) is 43.9 Å². The second kappa shape index (κ2) is 6.19. The summed E-state index contributed by atoms with van der Waals surface area (Å²) >= 11 is 0. The van der Waals surface area contributed by atoms with Crippen molar-refractivity contribution < 1.29 is 4.79 Å². The van der Waals surface area contributed by atoms with E-state index >= 15 is 0 Å². The van der Waals surface area contributed by atoms with Gasteiger partial charge < -0.3 is 15.6 Å². The third kappa shape index (κ3) is 2.64. The zero-order valence-electron chi connectivity index (χ0n) is 17.2. The number of hydrogen-bond donors (Lipinski definition) is 2. The monoisotopic (exact) mass is 381 g/mol. The van der Waals surface area contributed by atoms with Crippen LogP contribution in [-0.2, 0) is 11.3 Å². The molecule has 150 valence electrons. The van der Waals surface area contributed by atoms with Crippen LogP contribution < -0.4 is 11.1 Å². The predicted octanol–water partition coefficient (Wildman–Crippen LogP) is 3.27. The molecule has 6 heteroatoms. The first-order valence-corrected chi connectivity index (χ1v) is 10.7. The molecule has 0 radical (unpaired) electrons. The molecule has 4 bridgehead atoms. The van der Waals surface area contributed by atoms with Gasteiger partial charge in [-0.1, -0.05) is 0 Å². The average molecular weight is 382 g/mol. The van der Waals surface area contributed by atoms with Crippen molar-refractivity contribution in [1.82, 2.24) is 19.9 Å². The fourth-order valence-electron chi connectivity index (χ4n) is 6.74. The zero-order valence-corrected chi connectivity index (χ0v) is 17.2. The van der Waals surface area contributed by atoms with Crippen molar-refractivity contribution in [2.45, 2.75) is 65.8 Å². The lowest BCUT2D eigenvalue weighted by Crippen LogP contribution is -2.53. The van der Waals surface area contributed by atoms with Crippen LogP contribution in [-0.4, -0.2) is 27.0 Å². The topological polar surface area (TPSA) is 85.8 Å². The first-order valence-electron chi connectivity index (χ1n) is 10.7. The van der Waals surface area contributed by atoms with Gasteiger partial charge in [-0.25, -0.2) is 9.97 Å². The number of anilines is 1. The number of fused-ring (bicyclic) bond motifs is 1. The third-order valence-electron chi connectivity index (χ3n) is 7.73. The van der Waals surface area contributed by atoms with Gasteiger partial charge >= 0.3 is 0 Å². The summed E-state index contributed by atoms with van der Waals surface area (Å²) in [4.78, 5) is 22.2. The molecular weight excluding hydrogens is 350 g/mol. The number of pyridine rings is 1. The molecule has 0 spiro atoms.